The zero-order valence-electron chi connectivity index (χ0n) is 18.2. The number of methoxy groups -OCH3 is 1. The topological polar surface area (TPSA) is 95.7 Å². The van der Waals surface area contributed by atoms with Crippen LogP contribution in [0.15, 0.2) is 72.8 Å². The van der Waals surface area contributed by atoms with Gasteiger partial charge in [-0.15, -0.1) is 15.0 Å². The molecule has 0 fully saturated rings. The Morgan fingerprint density at radius 3 is 2.33 bits per heavy atom. The third-order valence-electron chi connectivity index (χ3n) is 4.78. The van der Waals surface area contributed by atoms with E-state index in [1.807, 2.05) is 48.5 Å². The highest BCUT2D eigenvalue weighted by atomic mass is 16.6. The Morgan fingerprint density at radius 2 is 1.70 bits per heavy atom. The first kappa shape index (κ1) is 21.9. The minimum Gasteiger partial charge on any atom is -0.505 e. The van der Waals surface area contributed by atoms with E-state index in [2.05, 4.69) is 10.2 Å². The quantitative estimate of drug-likeness (QED) is 0.321. The van der Waals surface area contributed by atoms with Gasteiger partial charge in [-0.25, -0.2) is 4.79 Å². The summed E-state index contributed by atoms with van der Waals surface area (Å²) in [5.41, 5.74) is 2.75. The Balaban J connectivity index is 1.31. The lowest BCUT2D eigenvalue weighted by Gasteiger charge is -2.14. The van der Waals surface area contributed by atoms with Crippen LogP contribution in [0.3, 0.4) is 0 Å². The molecule has 0 saturated carbocycles. The number of fused-ring (bicyclic) bond motifs is 1. The van der Waals surface area contributed by atoms with E-state index in [1.54, 1.807) is 32.2 Å². The highest BCUT2D eigenvalue weighted by Crippen LogP contribution is 2.27. The summed E-state index contributed by atoms with van der Waals surface area (Å²) in [6, 6.07) is 19.6. The van der Waals surface area contributed by atoms with Crippen LogP contribution in [0.1, 0.15) is 12.5 Å². The maximum atomic E-state index is 12.0. The molecule has 1 atom stereocenters. The number of ether oxygens (including phenoxy) is 3. The highest BCUT2D eigenvalue weighted by Gasteiger charge is 2.12. The molecule has 0 spiro atoms. The van der Waals surface area contributed by atoms with Crippen molar-refractivity contribution >= 4 is 23.1 Å². The second-order valence-corrected chi connectivity index (χ2v) is 7.29. The van der Waals surface area contributed by atoms with Gasteiger partial charge < -0.3 is 19.3 Å². The van der Waals surface area contributed by atoms with Gasteiger partial charge in [0, 0.05) is 12.1 Å². The number of hydrogen-bond donors (Lipinski definition) is 1. The molecule has 33 heavy (non-hydrogen) atoms. The van der Waals surface area contributed by atoms with Gasteiger partial charge in [0.05, 0.1) is 7.11 Å². The molecule has 1 heterocycles. The van der Waals surface area contributed by atoms with Crippen molar-refractivity contribution in [1.29, 1.82) is 0 Å². The summed E-state index contributed by atoms with van der Waals surface area (Å²) in [6.45, 7) is 1.86. The van der Waals surface area contributed by atoms with Crippen molar-refractivity contribution in [2.45, 2.75) is 13.0 Å². The lowest BCUT2D eigenvalue weighted by molar-refractivity contribution is -0.143. The van der Waals surface area contributed by atoms with Crippen LogP contribution in [0.5, 0.6) is 17.2 Å². The fourth-order valence-electron chi connectivity index (χ4n) is 3.09. The average molecular weight is 445 g/mol. The van der Waals surface area contributed by atoms with E-state index in [9.17, 15) is 9.90 Å². The molecule has 0 saturated heterocycles. The molecule has 3 aromatic carbocycles. The van der Waals surface area contributed by atoms with E-state index in [0.717, 1.165) is 22.3 Å². The molecular formula is C25H23N3O5. The van der Waals surface area contributed by atoms with Gasteiger partial charge in [0.2, 0.25) is 0 Å². The van der Waals surface area contributed by atoms with E-state index in [1.165, 1.54) is 16.9 Å². The predicted molar refractivity (Wildman–Crippen MR) is 124 cm³/mol. The van der Waals surface area contributed by atoms with Crippen molar-refractivity contribution in [1.82, 2.24) is 15.0 Å². The number of nitrogens with zero attached hydrogens (tertiary/aromatic N) is 3. The maximum Gasteiger partial charge on any atom is 0.331 e. The lowest BCUT2D eigenvalue weighted by atomic mass is 10.2. The number of rotatable bonds is 8. The fourth-order valence-corrected chi connectivity index (χ4v) is 3.09. The zero-order chi connectivity index (χ0) is 23.2. The summed E-state index contributed by atoms with van der Waals surface area (Å²) >= 11 is 0. The molecular weight excluding hydrogens is 422 g/mol. The SMILES string of the molecule is COc1ccc(C=CC(=O)OC(C)COc2ccc(-n3nc4ccccc4n3)c(O)c2)cc1. The third-order valence-corrected chi connectivity index (χ3v) is 4.78. The lowest BCUT2D eigenvalue weighted by Crippen LogP contribution is -2.20. The molecule has 4 rings (SSSR count). The summed E-state index contributed by atoms with van der Waals surface area (Å²) in [4.78, 5) is 13.4. The van der Waals surface area contributed by atoms with E-state index < -0.39 is 12.1 Å². The van der Waals surface area contributed by atoms with E-state index in [4.69, 9.17) is 14.2 Å². The largest absolute Gasteiger partial charge is 0.505 e. The van der Waals surface area contributed by atoms with Gasteiger partial charge in [-0.2, -0.15) is 0 Å². The molecule has 1 unspecified atom stereocenters. The van der Waals surface area contributed by atoms with Crippen LogP contribution >= 0.6 is 0 Å². The first-order valence-corrected chi connectivity index (χ1v) is 10.3. The van der Waals surface area contributed by atoms with Crippen molar-refractivity contribution in [2.75, 3.05) is 13.7 Å². The molecule has 1 N–H and O–H groups in total. The molecule has 0 aliphatic carbocycles. The van der Waals surface area contributed by atoms with Crippen molar-refractivity contribution in [3.63, 3.8) is 0 Å². The minimum absolute atomic E-state index is 0.0279. The zero-order valence-corrected chi connectivity index (χ0v) is 18.2. The summed E-state index contributed by atoms with van der Waals surface area (Å²) in [6.07, 6.45) is 2.54. The molecule has 8 nitrogen and oxygen atoms in total. The second-order valence-electron chi connectivity index (χ2n) is 7.29. The average Bonchev–Trinajstić information content (AvgIpc) is 3.26. The van der Waals surface area contributed by atoms with Crippen LogP contribution in [-0.2, 0) is 9.53 Å². The van der Waals surface area contributed by atoms with Crippen LogP contribution in [0.2, 0.25) is 0 Å². The van der Waals surface area contributed by atoms with Gasteiger partial charge in [-0.3, -0.25) is 0 Å². The molecule has 4 aromatic rings. The molecule has 0 amide bonds. The second kappa shape index (κ2) is 9.86. The smallest absolute Gasteiger partial charge is 0.331 e. The van der Waals surface area contributed by atoms with Crippen molar-refractivity contribution in [3.05, 3.63) is 78.4 Å². The summed E-state index contributed by atoms with van der Waals surface area (Å²) in [5.74, 6) is 0.676. The van der Waals surface area contributed by atoms with Crippen molar-refractivity contribution < 1.29 is 24.1 Å². The van der Waals surface area contributed by atoms with Crippen LogP contribution in [0.25, 0.3) is 22.8 Å². The van der Waals surface area contributed by atoms with Gasteiger partial charge in [-0.1, -0.05) is 24.3 Å². The Bertz CT molecular complexity index is 1250. The molecule has 0 aliphatic heterocycles. The molecule has 168 valence electrons. The number of phenols is 1. The van der Waals surface area contributed by atoms with E-state index in [0.29, 0.717) is 11.4 Å². The maximum absolute atomic E-state index is 12.0. The van der Waals surface area contributed by atoms with Crippen LogP contribution < -0.4 is 9.47 Å². The Morgan fingerprint density at radius 1 is 1.03 bits per heavy atom. The normalized spacial score (nSPS) is 12.1. The number of esters is 1. The van der Waals surface area contributed by atoms with E-state index in [-0.39, 0.29) is 12.4 Å². The number of benzene rings is 3. The van der Waals surface area contributed by atoms with Crippen molar-refractivity contribution in [3.8, 4) is 22.9 Å². The Labute approximate surface area is 190 Å². The third kappa shape index (κ3) is 5.48. The van der Waals surface area contributed by atoms with Gasteiger partial charge in [0.15, 0.2) is 0 Å². The number of hydrogen-bond acceptors (Lipinski definition) is 7. The van der Waals surface area contributed by atoms with Crippen LogP contribution in [-0.4, -0.2) is 45.9 Å². The van der Waals surface area contributed by atoms with Crippen LogP contribution in [0.4, 0.5) is 0 Å². The predicted octanol–water partition coefficient (Wildman–Crippen LogP) is 4.16. The van der Waals surface area contributed by atoms with Crippen LogP contribution in [0, 0.1) is 0 Å². The molecule has 0 aliphatic rings. The molecule has 8 heteroatoms. The first-order chi connectivity index (χ1) is 16.0. The van der Waals surface area contributed by atoms with Gasteiger partial charge in [-0.05, 0) is 55.0 Å². The number of carbonyl (C=O) groups excluding carboxylic acids is 1. The molecule has 0 bridgehead atoms. The Hall–Kier alpha value is -4.33. The summed E-state index contributed by atoms with van der Waals surface area (Å²) in [7, 11) is 1.60. The van der Waals surface area contributed by atoms with Gasteiger partial charge in [0.1, 0.15) is 46.7 Å². The highest BCUT2D eigenvalue weighted by molar-refractivity contribution is 5.87. The molecule has 1 aromatic heterocycles. The van der Waals surface area contributed by atoms with Gasteiger partial charge >= 0.3 is 5.97 Å². The standard InChI is InChI=1S/C25H23N3O5/c1-17(33-25(30)14-9-18-7-10-19(31-2)11-8-18)16-32-20-12-13-23(24(29)15-20)28-26-21-5-3-4-6-22(21)27-28/h3-15,17,29H,16H2,1-2H3. The van der Waals surface area contributed by atoms with E-state index >= 15 is 0 Å². The van der Waals surface area contributed by atoms with Gasteiger partial charge in [0.25, 0.3) is 0 Å². The summed E-state index contributed by atoms with van der Waals surface area (Å²) < 4.78 is 16.1. The summed E-state index contributed by atoms with van der Waals surface area (Å²) in [5, 5.41) is 19.1. The number of phenolic OH excluding ortho intramolecular Hbond substituents is 1. The number of aromatic hydroxyl groups is 1. The fraction of sp³-hybridized carbons (Fsp3) is 0.160. The first-order valence-electron chi connectivity index (χ1n) is 10.3. The monoisotopic (exact) mass is 445 g/mol. The van der Waals surface area contributed by atoms with Crippen molar-refractivity contribution in [2.24, 2.45) is 0 Å². The molecule has 0 radical (unpaired) electrons. The minimum atomic E-state index is -0.488. The number of aromatic nitrogens is 3. The Kier molecular flexibility index (Phi) is 6.54. The number of carbonyl (C=O) groups is 1.